The minimum atomic E-state index is -4.62. The zero-order valence-electron chi connectivity index (χ0n) is 43.6. The maximum atomic E-state index is 15.0. The average molecular weight is 1050 g/mol. The molecule has 0 spiro atoms. The number of thiazole rings is 1. The second-order valence-corrected chi connectivity index (χ2v) is 22.2. The van der Waals surface area contributed by atoms with Crippen molar-refractivity contribution in [3.8, 4) is 21.8 Å². The number of cyclic esters (lactones) is 1. The van der Waals surface area contributed by atoms with Crippen molar-refractivity contribution in [2.24, 2.45) is 17.3 Å². The minimum absolute atomic E-state index is 0.0665. The number of ether oxygens (including phenoxy) is 2. The van der Waals surface area contributed by atoms with Gasteiger partial charge in [-0.05, 0) is 81.5 Å². The molecule has 0 aliphatic carbocycles. The van der Waals surface area contributed by atoms with E-state index in [1.807, 2.05) is 46.8 Å². The van der Waals surface area contributed by atoms with Crippen molar-refractivity contribution in [3.05, 3.63) is 65.4 Å². The van der Waals surface area contributed by atoms with Crippen molar-refractivity contribution in [1.82, 2.24) is 45.0 Å². The topological polar surface area (TPSA) is 175 Å². The van der Waals surface area contributed by atoms with Crippen LogP contribution in [-0.4, -0.2) is 162 Å². The first-order valence-electron chi connectivity index (χ1n) is 25.4. The Morgan fingerprint density at radius 3 is 2.51 bits per heavy atom. The van der Waals surface area contributed by atoms with Gasteiger partial charge in [0.15, 0.2) is 0 Å². The number of fused-ring (bicyclic) bond motifs is 6. The SMILES string of the molecule is C=CC(=O)N1CC[C@H](C(=O)N(C)[C@H](C(=O)N[C@H]2Cc3csc(n3)-c3ccc4c(c3)c(c(-c3cc(N5CCN(C)CC5)cnc3[C@H](C)OC)n4CC(F)(F)F)CC(C)(C)COC(=O)[C@@H]3CCCN(N3)C2=O)C(C)C)C1. The molecule has 5 atom stereocenters. The molecular weight excluding hydrogens is 978 g/mol. The number of anilines is 1. The number of halogens is 3. The number of alkyl halides is 3. The van der Waals surface area contributed by atoms with Gasteiger partial charge in [0, 0.05) is 99.2 Å². The Kier molecular flexibility index (Phi) is 16.3. The number of pyridine rings is 1. The molecule has 1 aromatic carbocycles. The van der Waals surface area contributed by atoms with Crippen LogP contribution < -0.4 is 15.6 Å². The zero-order chi connectivity index (χ0) is 53.4. The van der Waals surface area contributed by atoms with Crippen LogP contribution in [-0.2, 0) is 52.8 Å². The molecule has 7 heterocycles. The Bertz CT molecular complexity index is 2770. The molecule has 0 unspecified atom stereocenters. The van der Waals surface area contributed by atoms with E-state index in [2.05, 4.69) is 34.2 Å². The van der Waals surface area contributed by atoms with Crippen LogP contribution in [0.3, 0.4) is 0 Å². The molecule has 0 saturated carbocycles. The summed E-state index contributed by atoms with van der Waals surface area (Å²) in [5, 5.41) is 7.18. The molecule has 17 nitrogen and oxygen atoms in total. The second-order valence-electron chi connectivity index (χ2n) is 21.3. The van der Waals surface area contributed by atoms with Gasteiger partial charge in [-0.15, -0.1) is 11.3 Å². The van der Waals surface area contributed by atoms with Crippen LogP contribution in [0.25, 0.3) is 32.7 Å². The Morgan fingerprint density at radius 2 is 1.82 bits per heavy atom. The molecule has 400 valence electrons. The third-order valence-electron chi connectivity index (χ3n) is 14.8. The van der Waals surface area contributed by atoms with Crippen LogP contribution in [0.5, 0.6) is 0 Å². The first kappa shape index (κ1) is 54.4. The molecule has 4 aliphatic rings. The number of methoxy groups -OCH3 is 1. The van der Waals surface area contributed by atoms with Crippen LogP contribution in [0.4, 0.5) is 18.9 Å². The molecular formula is C53H69F3N10O7S. The molecule has 3 saturated heterocycles. The van der Waals surface area contributed by atoms with Gasteiger partial charge >= 0.3 is 12.1 Å². The summed E-state index contributed by atoms with van der Waals surface area (Å²) in [6.07, 6.45) is -0.894. The van der Waals surface area contributed by atoms with E-state index in [4.69, 9.17) is 19.4 Å². The van der Waals surface area contributed by atoms with E-state index < -0.39 is 66.1 Å². The summed E-state index contributed by atoms with van der Waals surface area (Å²) in [6.45, 7) is 15.2. The highest BCUT2D eigenvalue weighted by Crippen LogP contribution is 2.44. The molecule has 2 N–H and O–H groups in total. The van der Waals surface area contributed by atoms with Crippen molar-refractivity contribution in [2.75, 3.05) is 78.5 Å². The van der Waals surface area contributed by atoms with Crippen molar-refractivity contribution in [1.29, 1.82) is 0 Å². The number of nitrogens with zero attached hydrogens (tertiary/aromatic N) is 8. The maximum absolute atomic E-state index is 15.0. The number of likely N-dealkylation sites (N-methyl/N-ethyl adjacent to an activating group) is 2. The Hall–Kier alpha value is -5.90. The van der Waals surface area contributed by atoms with Gasteiger partial charge in [-0.3, -0.25) is 34.0 Å². The molecule has 3 fully saturated rings. The van der Waals surface area contributed by atoms with Crippen molar-refractivity contribution < 1.29 is 46.6 Å². The summed E-state index contributed by atoms with van der Waals surface area (Å²) in [7, 11) is 5.14. The van der Waals surface area contributed by atoms with Crippen molar-refractivity contribution >= 4 is 57.5 Å². The lowest BCUT2D eigenvalue weighted by molar-refractivity contribution is -0.155. The number of rotatable bonds is 11. The van der Waals surface area contributed by atoms with Crippen LogP contribution in [0.2, 0.25) is 0 Å². The van der Waals surface area contributed by atoms with Gasteiger partial charge in [0.05, 0.1) is 47.6 Å². The number of esters is 1. The summed E-state index contributed by atoms with van der Waals surface area (Å²) in [4.78, 5) is 86.8. The molecule has 3 aromatic heterocycles. The predicted octanol–water partition coefficient (Wildman–Crippen LogP) is 6.01. The molecule has 74 heavy (non-hydrogen) atoms. The van der Waals surface area contributed by atoms with E-state index in [1.54, 1.807) is 42.8 Å². The number of likely N-dealkylation sites (tertiary alicyclic amines) is 1. The zero-order valence-corrected chi connectivity index (χ0v) is 44.4. The van der Waals surface area contributed by atoms with Gasteiger partial charge in [0.25, 0.3) is 5.91 Å². The highest BCUT2D eigenvalue weighted by Gasteiger charge is 2.41. The number of carbonyl (C=O) groups is 5. The molecule has 4 amide bonds. The molecule has 0 radical (unpaired) electrons. The van der Waals surface area contributed by atoms with Crippen LogP contribution >= 0.6 is 11.3 Å². The Balaban J connectivity index is 1.22. The van der Waals surface area contributed by atoms with Crippen LogP contribution in [0.15, 0.2) is 48.5 Å². The van der Waals surface area contributed by atoms with Gasteiger partial charge in [0.2, 0.25) is 17.7 Å². The van der Waals surface area contributed by atoms with Crippen LogP contribution in [0.1, 0.15) is 76.9 Å². The fraction of sp³-hybridized carbons (Fsp3) is 0.566. The monoisotopic (exact) mass is 1050 g/mol. The van der Waals surface area contributed by atoms with Gasteiger partial charge in [-0.2, -0.15) is 13.2 Å². The number of hydrogen-bond acceptors (Lipinski definition) is 13. The fourth-order valence-electron chi connectivity index (χ4n) is 10.8. The minimum Gasteiger partial charge on any atom is -0.464 e. The van der Waals surface area contributed by atoms with E-state index in [-0.39, 0.29) is 50.3 Å². The summed E-state index contributed by atoms with van der Waals surface area (Å²) >= 11 is 1.30. The highest BCUT2D eigenvalue weighted by atomic mass is 32.1. The summed E-state index contributed by atoms with van der Waals surface area (Å²) < 4.78 is 58.3. The van der Waals surface area contributed by atoms with Gasteiger partial charge in [0.1, 0.15) is 29.7 Å². The summed E-state index contributed by atoms with van der Waals surface area (Å²) in [5.41, 5.74) is 6.37. The molecule has 4 aromatic rings. The average Bonchev–Trinajstić information content (AvgIpc) is 4.12. The normalized spacial score (nSPS) is 21.8. The van der Waals surface area contributed by atoms with E-state index in [0.29, 0.717) is 88.6 Å². The third-order valence-corrected chi connectivity index (χ3v) is 15.7. The molecule has 21 heteroatoms. The third kappa shape index (κ3) is 11.8. The molecule has 4 aliphatic heterocycles. The molecule has 8 rings (SSSR count). The van der Waals surface area contributed by atoms with E-state index in [1.165, 1.54) is 31.9 Å². The van der Waals surface area contributed by atoms with E-state index in [0.717, 1.165) is 18.8 Å². The quantitative estimate of drug-likeness (QED) is 0.132. The second kappa shape index (κ2) is 22.1. The van der Waals surface area contributed by atoms with Crippen LogP contribution in [0, 0.1) is 17.3 Å². The number of carbonyl (C=O) groups excluding carboxylic acids is 5. The fourth-order valence-corrected chi connectivity index (χ4v) is 11.6. The van der Waals surface area contributed by atoms with Crippen molar-refractivity contribution in [2.45, 2.75) is 104 Å². The predicted molar refractivity (Wildman–Crippen MR) is 276 cm³/mol. The van der Waals surface area contributed by atoms with E-state index >= 15 is 13.2 Å². The lowest BCUT2D eigenvalue weighted by Gasteiger charge is -2.37. The number of hydrazine groups is 1. The standard InChI is InChI=1S/C53H69F3N10O7S/c1-10-43(67)64-17-15-34(27-64)49(69)62(8)45(31(2)3)47(68)59-41-23-35-28-74-48(58-35)33-13-14-42-37(22-33)39(25-52(5,6)30-73-51(71)40-12-11-16-66(60-40)50(41)70)46(65(42)29-53(54,55)56)38-24-36(26-57-44(38)32(4)72-9)63-20-18-61(7)19-21-63/h10,13-14,22,24,26,28,31-32,34,40-41,45,60H,1,11-12,15-21,23,25,27,29-30H2,2-9H3,(H,59,68)/t32-,34-,40-,41-,45-/m0/s1. The van der Waals surface area contributed by atoms with Gasteiger partial charge in [-0.1, -0.05) is 34.3 Å². The van der Waals surface area contributed by atoms with Crippen molar-refractivity contribution in [3.63, 3.8) is 0 Å². The smallest absolute Gasteiger partial charge is 0.406 e. The number of amides is 4. The van der Waals surface area contributed by atoms with Gasteiger partial charge < -0.3 is 39.0 Å². The van der Waals surface area contributed by atoms with E-state index in [9.17, 15) is 24.0 Å². The largest absolute Gasteiger partial charge is 0.464 e. The Morgan fingerprint density at radius 1 is 1.08 bits per heavy atom. The lowest BCUT2D eigenvalue weighted by atomic mass is 9.84. The maximum Gasteiger partial charge on any atom is 0.406 e. The number of hydrogen-bond donors (Lipinski definition) is 2. The molecule has 6 bridgehead atoms. The number of nitrogens with one attached hydrogen (secondary N) is 2. The number of piperazine rings is 1. The number of benzene rings is 1. The first-order valence-corrected chi connectivity index (χ1v) is 26.3. The Labute approximate surface area is 434 Å². The number of aromatic nitrogens is 3. The first-order chi connectivity index (χ1) is 35.1. The summed E-state index contributed by atoms with van der Waals surface area (Å²) in [5.74, 6) is -3.18. The van der Waals surface area contributed by atoms with Gasteiger partial charge in [-0.25, -0.2) is 10.4 Å². The summed E-state index contributed by atoms with van der Waals surface area (Å²) in [6, 6.07) is 4.09. The highest BCUT2D eigenvalue weighted by molar-refractivity contribution is 7.13. The lowest BCUT2D eigenvalue weighted by Crippen LogP contribution is -2.62.